The van der Waals surface area contributed by atoms with Crippen LogP contribution >= 0.6 is 0 Å². The number of benzene rings is 3. The van der Waals surface area contributed by atoms with Crippen LogP contribution in [0.25, 0.3) is 0 Å². The molecule has 0 atom stereocenters. The van der Waals surface area contributed by atoms with Crippen LogP contribution in [0.3, 0.4) is 0 Å². The Morgan fingerprint density at radius 3 is 2.30 bits per heavy atom. The van der Waals surface area contributed by atoms with Crippen LogP contribution in [0.1, 0.15) is 65.9 Å². The van der Waals surface area contributed by atoms with Crippen LogP contribution in [0.15, 0.2) is 71.6 Å². The summed E-state index contributed by atoms with van der Waals surface area (Å²) in [5.41, 5.74) is 1.44. The molecule has 8 heteroatoms. The summed E-state index contributed by atoms with van der Waals surface area (Å²) >= 11 is 0. The number of carbonyl (C=O) groups excluding carboxylic acids is 1. The van der Waals surface area contributed by atoms with Gasteiger partial charge in [0.15, 0.2) is 0 Å². The molecule has 0 bridgehead atoms. The lowest BCUT2D eigenvalue weighted by Gasteiger charge is -2.16. The van der Waals surface area contributed by atoms with Crippen molar-refractivity contribution in [3.8, 4) is 11.5 Å². The maximum Gasteiger partial charge on any atom is 0.267 e. The molecule has 2 aliphatic carbocycles. The van der Waals surface area contributed by atoms with Crippen LogP contribution in [0, 0.1) is 11.7 Å². The molecule has 1 N–H and O–H groups in total. The topological polar surface area (TPSA) is 81.7 Å². The Morgan fingerprint density at radius 2 is 1.62 bits per heavy atom. The molecule has 2 aliphatic rings. The summed E-state index contributed by atoms with van der Waals surface area (Å²) in [6, 6.07) is 18.0. The molecule has 0 unspecified atom stereocenters. The summed E-state index contributed by atoms with van der Waals surface area (Å²) in [5.74, 6) is -0.196. The molecule has 0 radical (unpaired) electrons. The first-order chi connectivity index (χ1) is 17.9. The van der Waals surface area contributed by atoms with E-state index < -0.39 is 21.7 Å². The molecule has 5 rings (SSSR count). The Bertz CT molecular complexity index is 1350. The maximum atomic E-state index is 15.0. The van der Waals surface area contributed by atoms with E-state index in [-0.39, 0.29) is 16.4 Å². The summed E-state index contributed by atoms with van der Waals surface area (Å²) in [6.07, 6.45) is 6.47. The van der Waals surface area contributed by atoms with Crippen LogP contribution in [-0.2, 0) is 16.6 Å². The lowest BCUT2D eigenvalue weighted by Crippen LogP contribution is -2.31. The molecule has 0 aliphatic heterocycles. The number of amides is 1. The normalized spacial score (nSPS) is 15.9. The van der Waals surface area contributed by atoms with E-state index in [9.17, 15) is 17.6 Å². The number of hydrogen-bond donors (Lipinski definition) is 1. The number of carbonyl (C=O) groups is 1. The van der Waals surface area contributed by atoms with Gasteiger partial charge in [-0.1, -0.05) is 43.2 Å². The van der Waals surface area contributed by atoms with Crippen molar-refractivity contribution >= 4 is 15.9 Å². The van der Waals surface area contributed by atoms with Gasteiger partial charge in [-0.15, -0.1) is 0 Å². The van der Waals surface area contributed by atoms with Gasteiger partial charge in [0.05, 0.1) is 17.1 Å². The molecule has 0 aromatic heterocycles. The van der Waals surface area contributed by atoms with Crippen LogP contribution in [-0.4, -0.2) is 20.9 Å². The van der Waals surface area contributed by atoms with E-state index in [1.807, 2.05) is 35.1 Å². The van der Waals surface area contributed by atoms with Crippen molar-refractivity contribution in [2.75, 3.05) is 6.61 Å². The highest BCUT2D eigenvalue weighted by Crippen LogP contribution is 2.45. The lowest BCUT2D eigenvalue weighted by molar-refractivity contribution is 0.0977. The molecule has 1 amide bonds. The predicted octanol–water partition coefficient (Wildman–Crippen LogP) is 5.97. The molecular weight excluding hydrogens is 493 g/mol. The summed E-state index contributed by atoms with van der Waals surface area (Å²) in [7, 11) is -4.21. The Morgan fingerprint density at radius 1 is 0.919 bits per heavy atom. The largest absolute Gasteiger partial charge is 0.493 e. The average Bonchev–Trinajstić information content (AvgIpc) is 3.61. The Hall–Kier alpha value is -3.39. The molecule has 194 valence electrons. The Balaban J connectivity index is 1.26. The van der Waals surface area contributed by atoms with Gasteiger partial charge in [0.1, 0.15) is 23.9 Å². The Kier molecular flexibility index (Phi) is 7.46. The average molecular weight is 524 g/mol. The van der Waals surface area contributed by atoms with E-state index in [0.717, 1.165) is 36.8 Å². The number of ether oxygens (including phenoxy) is 2. The zero-order chi connectivity index (χ0) is 25.8. The molecule has 0 heterocycles. The van der Waals surface area contributed by atoms with Crippen LogP contribution < -0.4 is 14.2 Å². The highest BCUT2D eigenvalue weighted by Gasteiger charge is 2.31. The summed E-state index contributed by atoms with van der Waals surface area (Å²) in [6.45, 7) is 0.872. The zero-order valence-corrected chi connectivity index (χ0v) is 21.3. The zero-order valence-electron chi connectivity index (χ0n) is 20.5. The van der Waals surface area contributed by atoms with Gasteiger partial charge >= 0.3 is 0 Å². The van der Waals surface area contributed by atoms with E-state index in [0.29, 0.717) is 30.6 Å². The van der Waals surface area contributed by atoms with Gasteiger partial charge in [-0.25, -0.2) is 17.5 Å². The van der Waals surface area contributed by atoms with E-state index >= 15 is 0 Å². The van der Waals surface area contributed by atoms with Gasteiger partial charge in [0.2, 0.25) is 0 Å². The number of halogens is 1. The highest BCUT2D eigenvalue weighted by atomic mass is 32.2. The predicted molar refractivity (Wildman–Crippen MR) is 138 cm³/mol. The molecule has 3 aromatic rings. The second-order valence-corrected chi connectivity index (χ2v) is 11.5. The number of rotatable bonds is 10. The fourth-order valence-corrected chi connectivity index (χ4v) is 5.63. The number of sulfonamides is 1. The van der Waals surface area contributed by atoms with Crippen LogP contribution in [0.2, 0.25) is 0 Å². The molecule has 3 aromatic carbocycles. The fraction of sp³-hybridized carbons (Fsp3) is 0.345. The third-order valence-corrected chi connectivity index (χ3v) is 8.27. The van der Waals surface area contributed by atoms with Crippen molar-refractivity contribution in [2.24, 2.45) is 5.92 Å². The molecule has 6 nitrogen and oxygen atoms in total. The van der Waals surface area contributed by atoms with Gasteiger partial charge in [-0.2, -0.15) is 0 Å². The first kappa shape index (κ1) is 25.3. The van der Waals surface area contributed by atoms with Gasteiger partial charge in [0.25, 0.3) is 15.9 Å². The van der Waals surface area contributed by atoms with Crippen molar-refractivity contribution in [3.63, 3.8) is 0 Å². The van der Waals surface area contributed by atoms with Gasteiger partial charge < -0.3 is 9.47 Å². The standard InChI is InChI=1S/C29H30FNO5S/c30-27-17-28(36-19-21-8-4-5-9-21)25(22-10-11-22)16-26(27)29(32)31-37(33,34)24-14-12-23(13-15-24)35-18-20-6-2-1-3-7-20/h1-3,6-7,12-17,21-22H,4-5,8-11,18-19H2,(H,31,32). The minimum absolute atomic E-state index is 0.118. The molecule has 0 saturated heterocycles. The van der Waals surface area contributed by atoms with Crippen LogP contribution in [0.4, 0.5) is 4.39 Å². The van der Waals surface area contributed by atoms with Crippen molar-refractivity contribution in [2.45, 2.75) is 55.9 Å². The number of hydrogen-bond acceptors (Lipinski definition) is 5. The molecule has 2 fully saturated rings. The smallest absolute Gasteiger partial charge is 0.267 e. The van der Waals surface area contributed by atoms with E-state index in [2.05, 4.69) is 0 Å². The van der Waals surface area contributed by atoms with E-state index in [4.69, 9.17) is 9.47 Å². The minimum atomic E-state index is -4.21. The maximum absolute atomic E-state index is 15.0. The summed E-state index contributed by atoms with van der Waals surface area (Å²) < 4.78 is 54.3. The molecule has 0 spiro atoms. The van der Waals surface area contributed by atoms with Crippen molar-refractivity contribution < 1.29 is 27.1 Å². The van der Waals surface area contributed by atoms with Gasteiger partial charge in [0, 0.05) is 6.07 Å². The first-order valence-corrected chi connectivity index (χ1v) is 14.2. The SMILES string of the molecule is O=C(NS(=O)(=O)c1ccc(OCc2ccccc2)cc1)c1cc(C2CC2)c(OCC2CCCC2)cc1F. The quantitative estimate of drug-likeness (QED) is 0.354. The summed E-state index contributed by atoms with van der Waals surface area (Å²) in [5, 5.41) is 0. The van der Waals surface area contributed by atoms with Crippen molar-refractivity contribution in [3.05, 3.63) is 89.2 Å². The highest BCUT2D eigenvalue weighted by molar-refractivity contribution is 7.90. The second kappa shape index (κ2) is 10.9. The molecular formula is C29H30FNO5S. The van der Waals surface area contributed by atoms with Gasteiger partial charge in [-0.3, -0.25) is 4.79 Å². The minimum Gasteiger partial charge on any atom is -0.493 e. The fourth-order valence-electron chi connectivity index (χ4n) is 4.66. The van der Waals surface area contributed by atoms with E-state index in [1.165, 1.54) is 49.2 Å². The molecule has 37 heavy (non-hydrogen) atoms. The third-order valence-electron chi connectivity index (χ3n) is 6.92. The van der Waals surface area contributed by atoms with Crippen molar-refractivity contribution in [1.82, 2.24) is 4.72 Å². The van der Waals surface area contributed by atoms with E-state index in [1.54, 1.807) is 0 Å². The lowest BCUT2D eigenvalue weighted by atomic mass is 10.0. The third kappa shape index (κ3) is 6.31. The van der Waals surface area contributed by atoms with Crippen molar-refractivity contribution in [1.29, 1.82) is 0 Å². The second-order valence-electron chi connectivity index (χ2n) is 9.79. The molecule has 2 saturated carbocycles. The summed E-state index contributed by atoms with van der Waals surface area (Å²) in [4.78, 5) is 12.7. The van der Waals surface area contributed by atoms with Gasteiger partial charge in [-0.05, 0) is 79.0 Å². The van der Waals surface area contributed by atoms with Crippen LogP contribution in [0.5, 0.6) is 11.5 Å². The monoisotopic (exact) mass is 523 g/mol. The number of nitrogens with one attached hydrogen (secondary N) is 1. The first-order valence-electron chi connectivity index (χ1n) is 12.7. The Labute approximate surface area is 216 Å².